The van der Waals surface area contributed by atoms with E-state index in [0.29, 0.717) is 27.5 Å². The zero-order valence-electron chi connectivity index (χ0n) is 17.0. The first-order valence-electron chi connectivity index (χ1n) is 10.1. The maximum absolute atomic E-state index is 15.7. The molecule has 2 aromatic heterocycles. The molecule has 1 aliphatic heterocycles. The van der Waals surface area contributed by atoms with Crippen molar-refractivity contribution >= 4 is 39.1 Å². The lowest BCUT2D eigenvalue weighted by molar-refractivity contribution is 0.405. The van der Waals surface area contributed by atoms with Gasteiger partial charge in [0.15, 0.2) is 5.82 Å². The Morgan fingerprint density at radius 2 is 1.81 bits per heavy atom. The minimum atomic E-state index is -0.579. The van der Waals surface area contributed by atoms with E-state index >= 15 is 4.39 Å². The number of rotatable bonds is 2. The number of nitrogens with one attached hydrogen (secondary N) is 1. The Balaban J connectivity index is 1.70. The van der Waals surface area contributed by atoms with Crippen LogP contribution in [0.4, 0.5) is 14.6 Å². The number of hydrogen-bond donors (Lipinski definition) is 1. The van der Waals surface area contributed by atoms with Crippen LogP contribution in [0.3, 0.4) is 0 Å². The van der Waals surface area contributed by atoms with E-state index in [0.717, 1.165) is 13.1 Å². The lowest BCUT2D eigenvalue weighted by Gasteiger charge is -2.37. The van der Waals surface area contributed by atoms with Gasteiger partial charge in [-0.25, -0.2) is 18.7 Å². The fourth-order valence-electron chi connectivity index (χ4n) is 4.42. The zero-order valence-corrected chi connectivity index (χ0v) is 17.8. The number of anilines is 1. The maximum Gasteiger partial charge on any atom is 0.175 e. The van der Waals surface area contributed by atoms with Gasteiger partial charge < -0.3 is 10.2 Å². The van der Waals surface area contributed by atoms with Crippen molar-refractivity contribution in [3.63, 3.8) is 0 Å². The van der Waals surface area contributed by atoms with E-state index in [1.54, 1.807) is 30.5 Å². The van der Waals surface area contributed by atoms with Gasteiger partial charge in [-0.05, 0) is 25.3 Å². The highest BCUT2D eigenvalue weighted by atomic mass is 35.5. The standard InChI is InChI=1S/C23H20ClF2N5/c1-12-9-31(10-13(2)30-12)23-16-8-27-21(20(26)22(16)28-11-29-23)15-5-3-4-14-6-7-17(25)19(24)18(14)15/h3-8,11-13,30H,9-10H2,1-2H3/t12-,13-/m0/s1. The lowest BCUT2D eigenvalue weighted by Crippen LogP contribution is -2.54. The molecule has 5 nitrogen and oxygen atoms in total. The molecule has 1 N–H and O–H groups in total. The number of pyridine rings is 1. The molecule has 0 spiro atoms. The van der Waals surface area contributed by atoms with E-state index in [2.05, 4.69) is 39.0 Å². The van der Waals surface area contributed by atoms with Crippen LogP contribution in [0, 0.1) is 11.6 Å². The van der Waals surface area contributed by atoms with E-state index in [4.69, 9.17) is 11.6 Å². The van der Waals surface area contributed by atoms with Gasteiger partial charge in [0, 0.05) is 42.3 Å². The van der Waals surface area contributed by atoms with Crippen LogP contribution in [0.1, 0.15) is 13.8 Å². The highest BCUT2D eigenvalue weighted by Gasteiger charge is 2.25. The van der Waals surface area contributed by atoms with Crippen LogP contribution >= 0.6 is 11.6 Å². The number of aromatic nitrogens is 3. The summed E-state index contributed by atoms with van der Waals surface area (Å²) in [5.74, 6) is -0.482. The van der Waals surface area contributed by atoms with E-state index in [1.165, 1.54) is 12.4 Å². The second-order valence-electron chi connectivity index (χ2n) is 8.02. The molecule has 1 fully saturated rings. The molecule has 31 heavy (non-hydrogen) atoms. The highest BCUT2D eigenvalue weighted by molar-refractivity contribution is 6.36. The third-order valence-corrected chi connectivity index (χ3v) is 6.02. The van der Waals surface area contributed by atoms with E-state index in [9.17, 15) is 4.39 Å². The predicted octanol–water partition coefficient (Wildman–Crippen LogP) is 4.96. The van der Waals surface area contributed by atoms with E-state index in [1.807, 2.05) is 0 Å². The van der Waals surface area contributed by atoms with Crippen LogP contribution in [0.25, 0.3) is 32.9 Å². The Kier molecular flexibility index (Phi) is 4.95. The molecule has 0 saturated carbocycles. The molecule has 0 bridgehead atoms. The van der Waals surface area contributed by atoms with Gasteiger partial charge in [0.2, 0.25) is 0 Å². The first kappa shape index (κ1) is 20.0. The topological polar surface area (TPSA) is 53.9 Å². The van der Waals surface area contributed by atoms with Crippen LogP contribution < -0.4 is 10.2 Å². The number of piperazine rings is 1. The van der Waals surface area contributed by atoms with Gasteiger partial charge in [0.05, 0.1) is 10.4 Å². The van der Waals surface area contributed by atoms with E-state index < -0.39 is 11.6 Å². The van der Waals surface area contributed by atoms with Crippen molar-refractivity contribution in [3.8, 4) is 11.3 Å². The molecule has 158 valence electrons. The third-order valence-electron chi connectivity index (χ3n) is 5.65. The molecule has 2 aromatic carbocycles. The molecular weight excluding hydrogens is 420 g/mol. The van der Waals surface area contributed by atoms with Crippen molar-refractivity contribution in [2.75, 3.05) is 18.0 Å². The third kappa shape index (κ3) is 3.38. The molecule has 1 saturated heterocycles. The van der Waals surface area contributed by atoms with Crippen molar-refractivity contribution in [1.82, 2.24) is 20.3 Å². The quantitative estimate of drug-likeness (QED) is 0.478. The average Bonchev–Trinajstić information content (AvgIpc) is 2.75. The lowest BCUT2D eigenvalue weighted by atomic mass is 10.0. The predicted molar refractivity (Wildman–Crippen MR) is 119 cm³/mol. The summed E-state index contributed by atoms with van der Waals surface area (Å²) in [6.45, 7) is 5.70. The summed E-state index contributed by atoms with van der Waals surface area (Å²) in [7, 11) is 0. The first-order chi connectivity index (χ1) is 14.9. The summed E-state index contributed by atoms with van der Waals surface area (Å²) >= 11 is 6.24. The van der Waals surface area contributed by atoms with Crippen molar-refractivity contribution in [1.29, 1.82) is 0 Å². The van der Waals surface area contributed by atoms with Crippen molar-refractivity contribution < 1.29 is 8.78 Å². The average molecular weight is 440 g/mol. The molecule has 1 aliphatic rings. The summed E-state index contributed by atoms with van der Waals surface area (Å²) < 4.78 is 29.8. The summed E-state index contributed by atoms with van der Waals surface area (Å²) in [6.07, 6.45) is 2.96. The van der Waals surface area contributed by atoms with E-state index in [-0.39, 0.29) is 28.3 Å². The fourth-order valence-corrected chi connectivity index (χ4v) is 4.70. The monoisotopic (exact) mass is 439 g/mol. The van der Waals surface area contributed by atoms with Crippen molar-refractivity contribution in [3.05, 3.63) is 59.5 Å². The number of fused-ring (bicyclic) bond motifs is 2. The van der Waals surface area contributed by atoms with Crippen LogP contribution in [-0.4, -0.2) is 40.1 Å². The second-order valence-corrected chi connectivity index (χ2v) is 8.40. The molecule has 0 amide bonds. The molecule has 0 aliphatic carbocycles. The number of halogens is 3. The van der Waals surface area contributed by atoms with Crippen LogP contribution in [-0.2, 0) is 0 Å². The van der Waals surface area contributed by atoms with Gasteiger partial charge in [0.25, 0.3) is 0 Å². The fraction of sp³-hybridized carbons (Fsp3) is 0.261. The number of benzene rings is 2. The smallest absolute Gasteiger partial charge is 0.175 e. The normalized spacial score (nSPS) is 19.3. The summed E-state index contributed by atoms with van der Waals surface area (Å²) in [4.78, 5) is 15.2. The zero-order chi connectivity index (χ0) is 21.7. The van der Waals surface area contributed by atoms with Gasteiger partial charge in [-0.1, -0.05) is 35.9 Å². The maximum atomic E-state index is 15.7. The van der Waals surface area contributed by atoms with Gasteiger partial charge in [-0.15, -0.1) is 0 Å². The Hall–Kier alpha value is -2.90. The molecule has 0 unspecified atom stereocenters. The minimum Gasteiger partial charge on any atom is -0.353 e. The highest BCUT2D eigenvalue weighted by Crippen LogP contribution is 2.37. The molecular formula is C23H20ClF2N5. The molecule has 4 aromatic rings. The van der Waals surface area contributed by atoms with Crippen molar-refractivity contribution in [2.24, 2.45) is 0 Å². The Bertz CT molecular complexity index is 1300. The molecule has 5 rings (SSSR count). The summed E-state index contributed by atoms with van der Waals surface area (Å²) in [5.41, 5.74) is 0.682. The number of nitrogens with zero attached hydrogens (tertiary/aromatic N) is 4. The molecule has 0 radical (unpaired) electrons. The van der Waals surface area contributed by atoms with Gasteiger partial charge >= 0.3 is 0 Å². The van der Waals surface area contributed by atoms with Gasteiger partial charge in [-0.2, -0.15) is 0 Å². The van der Waals surface area contributed by atoms with Crippen LogP contribution in [0.15, 0.2) is 42.9 Å². The Morgan fingerprint density at radius 3 is 2.58 bits per heavy atom. The van der Waals surface area contributed by atoms with Crippen LogP contribution in [0.5, 0.6) is 0 Å². The summed E-state index contributed by atoms with van der Waals surface area (Å²) in [6, 6.07) is 8.73. The second kappa shape index (κ2) is 7.66. The Morgan fingerprint density at radius 1 is 1.03 bits per heavy atom. The number of hydrogen-bond acceptors (Lipinski definition) is 5. The largest absolute Gasteiger partial charge is 0.353 e. The molecule has 3 heterocycles. The SMILES string of the molecule is C[C@H]1CN(c2ncnc3c(F)c(-c4cccc5ccc(F)c(Cl)c45)ncc23)C[C@H](C)N1. The van der Waals surface area contributed by atoms with Crippen molar-refractivity contribution in [2.45, 2.75) is 25.9 Å². The first-order valence-corrected chi connectivity index (χ1v) is 10.5. The Labute approximate surface area is 183 Å². The molecule has 8 heteroatoms. The minimum absolute atomic E-state index is 0.0541. The summed E-state index contributed by atoms with van der Waals surface area (Å²) in [5, 5.41) is 5.10. The van der Waals surface area contributed by atoms with Gasteiger partial charge in [-0.3, -0.25) is 4.98 Å². The van der Waals surface area contributed by atoms with Crippen LogP contribution in [0.2, 0.25) is 5.02 Å². The van der Waals surface area contributed by atoms with Gasteiger partial charge in [0.1, 0.15) is 29.2 Å². The molecule has 2 atom stereocenters.